The zero-order valence-corrected chi connectivity index (χ0v) is 12.1. The van der Waals surface area contributed by atoms with Gasteiger partial charge in [-0.15, -0.1) is 0 Å². The predicted octanol–water partition coefficient (Wildman–Crippen LogP) is 1.51. The number of amides is 2. The fourth-order valence-electron chi connectivity index (χ4n) is 3.98. The molecule has 0 aromatic heterocycles. The highest BCUT2D eigenvalue weighted by Crippen LogP contribution is 2.40. The summed E-state index contributed by atoms with van der Waals surface area (Å²) in [6.07, 6.45) is 9.99. The van der Waals surface area contributed by atoms with Gasteiger partial charge in [0.15, 0.2) is 0 Å². The molecule has 5 heteroatoms. The minimum absolute atomic E-state index is 0.0589. The lowest BCUT2D eigenvalue weighted by molar-refractivity contribution is 0.0913. The summed E-state index contributed by atoms with van der Waals surface area (Å²) in [5, 5.41) is 6.00. The zero-order valence-electron chi connectivity index (χ0n) is 12.1. The van der Waals surface area contributed by atoms with Crippen LogP contribution in [0.15, 0.2) is 0 Å². The Balaban J connectivity index is 1.33. The van der Waals surface area contributed by atoms with Crippen LogP contribution in [0.25, 0.3) is 0 Å². The number of carbonyl (C=O) groups excluding carboxylic acids is 1. The van der Waals surface area contributed by atoms with Crippen molar-refractivity contribution in [1.29, 1.82) is 0 Å². The first-order chi connectivity index (χ1) is 9.72. The Morgan fingerprint density at radius 2 is 2.05 bits per heavy atom. The number of nitrogens with two attached hydrogens (primary N) is 1. The molecule has 2 saturated heterocycles. The topological polar surface area (TPSA) is 76.4 Å². The monoisotopic (exact) mass is 281 g/mol. The Hall–Kier alpha value is -0.810. The molecule has 2 aliphatic heterocycles. The van der Waals surface area contributed by atoms with E-state index in [4.69, 9.17) is 10.5 Å². The molecule has 0 radical (unpaired) electrons. The van der Waals surface area contributed by atoms with E-state index in [2.05, 4.69) is 10.6 Å². The quantitative estimate of drug-likeness (QED) is 0.731. The first-order valence-corrected chi connectivity index (χ1v) is 8.18. The van der Waals surface area contributed by atoms with E-state index in [1.165, 1.54) is 32.1 Å². The van der Waals surface area contributed by atoms with Crippen molar-refractivity contribution in [1.82, 2.24) is 10.6 Å². The Labute approximate surface area is 121 Å². The standard InChI is InChI=1S/C15H27N3O2/c16-12-3-1-2-4-13(12)18-15(19)17-8-7-10-9-11-5-6-14(10)20-11/h10-14H,1-9,16H2,(H2,17,18,19)/t10?,11?,12-,13-,14?/m1/s1. The van der Waals surface area contributed by atoms with E-state index in [-0.39, 0.29) is 18.1 Å². The summed E-state index contributed by atoms with van der Waals surface area (Å²) in [5.74, 6) is 0.644. The normalized spacial score (nSPS) is 39.8. The Morgan fingerprint density at radius 1 is 1.20 bits per heavy atom. The van der Waals surface area contributed by atoms with E-state index >= 15 is 0 Å². The zero-order chi connectivity index (χ0) is 13.9. The van der Waals surface area contributed by atoms with Crippen molar-refractivity contribution in [2.45, 2.75) is 75.7 Å². The molecular weight excluding hydrogens is 254 g/mol. The second kappa shape index (κ2) is 6.31. The summed E-state index contributed by atoms with van der Waals surface area (Å²) in [7, 11) is 0. The van der Waals surface area contributed by atoms with Gasteiger partial charge in [-0.2, -0.15) is 0 Å². The van der Waals surface area contributed by atoms with Gasteiger partial charge in [-0.25, -0.2) is 4.79 Å². The molecule has 5 atom stereocenters. The van der Waals surface area contributed by atoms with Crippen LogP contribution in [0.5, 0.6) is 0 Å². The van der Waals surface area contributed by atoms with Gasteiger partial charge in [-0.3, -0.25) is 0 Å². The average Bonchev–Trinajstić information content (AvgIpc) is 3.04. The van der Waals surface area contributed by atoms with Crippen molar-refractivity contribution >= 4 is 6.03 Å². The van der Waals surface area contributed by atoms with E-state index < -0.39 is 0 Å². The average molecular weight is 281 g/mol. The van der Waals surface area contributed by atoms with Crippen LogP contribution in [0, 0.1) is 5.92 Å². The number of carbonyl (C=O) groups is 1. The molecule has 1 aliphatic carbocycles. The maximum absolute atomic E-state index is 11.9. The van der Waals surface area contributed by atoms with Crippen LogP contribution in [-0.2, 0) is 4.74 Å². The third-order valence-corrected chi connectivity index (χ3v) is 5.17. The first kappa shape index (κ1) is 14.1. The fourth-order valence-corrected chi connectivity index (χ4v) is 3.98. The predicted molar refractivity (Wildman–Crippen MR) is 77.4 cm³/mol. The van der Waals surface area contributed by atoms with Crippen molar-refractivity contribution in [3.05, 3.63) is 0 Å². The van der Waals surface area contributed by atoms with E-state index in [0.717, 1.165) is 25.8 Å². The summed E-state index contributed by atoms with van der Waals surface area (Å²) < 4.78 is 5.83. The third kappa shape index (κ3) is 3.26. The van der Waals surface area contributed by atoms with E-state index in [9.17, 15) is 4.79 Å². The minimum Gasteiger partial charge on any atom is -0.375 e. The molecule has 2 heterocycles. The third-order valence-electron chi connectivity index (χ3n) is 5.17. The molecule has 2 amide bonds. The Bertz CT molecular complexity index is 350. The van der Waals surface area contributed by atoms with Gasteiger partial charge in [0, 0.05) is 18.6 Å². The molecule has 3 aliphatic rings. The van der Waals surface area contributed by atoms with Gasteiger partial charge in [0.1, 0.15) is 0 Å². The second-order valence-electron chi connectivity index (χ2n) is 6.61. The summed E-state index contributed by atoms with van der Waals surface area (Å²) in [4.78, 5) is 11.9. The maximum Gasteiger partial charge on any atom is 0.315 e. The number of rotatable bonds is 4. The molecule has 1 saturated carbocycles. The van der Waals surface area contributed by atoms with Crippen LogP contribution in [0.2, 0.25) is 0 Å². The highest BCUT2D eigenvalue weighted by Gasteiger charge is 2.40. The summed E-state index contributed by atoms with van der Waals surface area (Å²) >= 11 is 0. The van der Waals surface area contributed by atoms with Gasteiger partial charge in [-0.05, 0) is 44.4 Å². The second-order valence-corrected chi connectivity index (χ2v) is 6.61. The van der Waals surface area contributed by atoms with Crippen LogP contribution in [-0.4, -0.2) is 36.9 Å². The van der Waals surface area contributed by atoms with E-state index in [1.54, 1.807) is 0 Å². The fraction of sp³-hybridized carbons (Fsp3) is 0.933. The Kier molecular flexibility index (Phi) is 4.46. The van der Waals surface area contributed by atoms with Crippen molar-refractivity contribution in [2.75, 3.05) is 6.54 Å². The molecular formula is C15H27N3O2. The molecule has 3 fully saturated rings. The number of hydrogen-bond donors (Lipinski definition) is 3. The smallest absolute Gasteiger partial charge is 0.315 e. The van der Waals surface area contributed by atoms with Gasteiger partial charge in [0.25, 0.3) is 0 Å². The molecule has 20 heavy (non-hydrogen) atoms. The molecule has 2 bridgehead atoms. The van der Waals surface area contributed by atoms with Gasteiger partial charge < -0.3 is 21.1 Å². The van der Waals surface area contributed by atoms with Crippen molar-refractivity contribution in [3.63, 3.8) is 0 Å². The highest BCUT2D eigenvalue weighted by molar-refractivity contribution is 5.74. The molecule has 3 rings (SSSR count). The molecule has 0 aromatic carbocycles. The van der Waals surface area contributed by atoms with Gasteiger partial charge in [-0.1, -0.05) is 12.8 Å². The number of nitrogens with one attached hydrogen (secondary N) is 2. The SMILES string of the molecule is N[C@@H]1CCCC[C@H]1NC(=O)NCCC1CC2CCC1O2. The lowest BCUT2D eigenvalue weighted by atomic mass is 9.87. The van der Waals surface area contributed by atoms with Gasteiger partial charge in [0.05, 0.1) is 12.2 Å². The summed E-state index contributed by atoms with van der Waals surface area (Å²) in [5.41, 5.74) is 6.04. The maximum atomic E-state index is 11.9. The lowest BCUT2D eigenvalue weighted by Crippen LogP contribution is -2.52. The lowest BCUT2D eigenvalue weighted by Gasteiger charge is -2.29. The number of ether oxygens (including phenoxy) is 1. The van der Waals surface area contributed by atoms with Crippen LogP contribution in [0.1, 0.15) is 51.4 Å². The van der Waals surface area contributed by atoms with Crippen LogP contribution < -0.4 is 16.4 Å². The number of fused-ring (bicyclic) bond motifs is 2. The molecule has 0 aromatic rings. The van der Waals surface area contributed by atoms with Crippen LogP contribution in [0.4, 0.5) is 4.79 Å². The first-order valence-electron chi connectivity index (χ1n) is 8.18. The van der Waals surface area contributed by atoms with Crippen molar-refractivity contribution in [3.8, 4) is 0 Å². The number of urea groups is 1. The number of hydrogen-bond acceptors (Lipinski definition) is 3. The van der Waals surface area contributed by atoms with E-state index in [0.29, 0.717) is 18.1 Å². The molecule has 3 unspecified atom stereocenters. The molecule has 114 valence electrons. The molecule has 0 spiro atoms. The van der Waals surface area contributed by atoms with Crippen LogP contribution >= 0.6 is 0 Å². The van der Waals surface area contributed by atoms with Gasteiger partial charge >= 0.3 is 6.03 Å². The summed E-state index contributed by atoms with van der Waals surface area (Å²) in [6, 6.07) is 0.208. The largest absolute Gasteiger partial charge is 0.375 e. The summed E-state index contributed by atoms with van der Waals surface area (Å²) in [6.45, 7) is 0.741. The van der Waals surface area contributed by atoms with Crippen LogP contribution in [0.3, 0.4) is 0 Å². The Morgan fingerprint density at radius 3 is 2.75 bits per heavy atom. The minimum atomic E-state index is -0.0589. The molecule has 5 nitrogen and oxygen atoms in total. The highest BCUT2D eigenvalue weighted by atomic mass is 16.5. The van der Waals surface area contributed by atoms with E-state index in [1.807, 2.05) is 0 Å². The van der Waals surface area contributed by atoms with Crippen molar-refractivity contribution in [2.24, 2.45) is 11.7 Å². The molecule has 4 N–H and O–H groups in total. The van der Waals surface area contributed by atoms with Crippen molar-refractivity contribution < 1.29 is 9.53 Å². The van der Waals surface area contributed by atoms with Gasteiger partial charge in [0.2, 0.25) is 0 Å².